The van der Waals surface area contributed by atoms with Gasteiger partial charge in [-0.15, -0.1) is 0 Å². The number of unbranched alkanes of at least 4 members (excludes halogenated alkanes) is 3. The minimum Gasteiger partial charge on any atom is -0.507 e. The molecule has 1 heterocycles. The summed E-state index contributed by atoms with van der Waals surface area (Å²) in [5.74, 6) is 0.0403. The highest BCUT2D eigenvalue weighted by molar-refractivity contribution is 6.46. The van der Waals surface area contributed by atoms with Crippen LogP contribution in [0.15, 0.2) is 54.1 Å². The summed E-state index contributed by atoms with van der Waals surface area (Å²) in [5, 5.41) is 11.4. The van der Waals surface area contributed by atoms with E-state index in [0.29, 0.717) is 31.1 Å². The first-order valence-corrected chi connectivity index (χ1v) is 14.9. The Morgan fingerprint density at radius 3 is 1.95 bits per heavy atom. The number of ether oxygens (including phenoxy) is 2. The van der Waals surface area contributed by atoms with Crippen molar-refractivity contribution in [2.24, 2.45) is 0 Å². The topological polar surface area (TPSA) is 79.3 Å². The van der Waals surface area contributed by atoms with Gasteiger partial charge in [0.25, 0.3) is 11.7 Å². The summed E-state index contributed by atoms with van der Waals surface area (Å²) in [6, 6.07) is 13.9. The number of aliphatic hydroxyl groups is 1. The van der Waals surface area contributed by atoms with Crippen LogP contribution >= 0.6 is 0 Å². The molecule has 1 aliphatic heterocycles. The van der Waals surface area contributed by atoms with Gasteiger partial charge in [0.05, 0.1) is 24.8 Å². The number of benzene rings is 2. The van der Waals surface area contributed by atoms with Crippen molar-refractivity contribution in [1.82, 2.24) is 9.80 Å². The molecule has 0 spiro atoms. The molecule has 0 unspecified atom stereocenters. The largest absolute Gasteiger partial charge is 0.507 e. The van der Waals surface area contributed by atoms with Gasteiger partial charge in [0.2, 0.25) is 0 Å². The van der Waals surface area contributed by atoms with Crippen molar-refractivity contribution in [2.75, 3.05) is 39.4 Å². The fraction of sp³-hybridized carbons (Fsp3) is 0.515. The van der Waals surface area contributed by atoms with Crippen molar-refractivity contribution in [3.05, 3.63) is 65.2 Å². The summed E-state index contributed by atoms with van der Waals surface area (Å²) in [5.41, 5.74) is 1.36. The molecule has 0 aromatic heterocycles. The third-order valence-electron chi connectivity index (χ3n) is 7.41. The Morgan fingerprint density at radius 2 is 1.38 bits per heavy atom. The lowest BCUT2D eigenvalue weighted by molar-refractivity contribution is -0.140. The van der Waals surface area contributed by atoms with Crippen LogP contribution in [0.4, 0.5) is 0 Å². The summed E-state index contributed by atoms with van der Waals surface area (Å²) >= 11 is 0. The van der Waals surface area contributed by atoms with Gasteiger partial charge in [-0.25, -0.2) is 0 Å². The summed E-state index contributed by atoms with van der Waals surface area (Å²) in [7, 11) is 0. The molecule has 3 rings (SSSR count). The van der Waals surface area contributed by atoms with Crippen molar-refractivity contribution >= 4 is 17.4 Å². The zero-order valence-corrected chi connectivity index (χ0v) is 24.7. The van der Waals surface area contributed by atoms with Crippen LogP contribution in [0.25, 0.3) is 5.76 Å². The van der Waals surface area contributed by atoms with Gasteiger partial charge >= 0.3 is 0 Å². The maximum atomic E-state index is 13.4. The first-order chi connectivity index (χ1) is 19.4. The molecule has 2 aromatic carbocycles. The first-order valence-electron chi connectivity index (χ1n) is 14.9. The van der Waals surface area contributed by atoms with E-state index in [0.717, 1.165) is 69.5 Å². The molecule has 1 fully saturated rings. The van der Waals surface area contributed by atoms with Crippen LogP contribution in [-0.2, 0) is 9.59 Å². The van der Waals surface area contributed by atoms with Crippen LogP contribution in [-0.4, -0.2) is 66.0 Å². The molecule has 218 valence electrons. The molecular weight excluding hydrogens is 504 g/mol. The zero-order chi connectivity index (χ0) is 28.9. The molecule has 1 N–H and O–H groups in total. The molecule has 7 heteroatoms. The molecule has 2 aromatic rings. The Hall–Kier alpha value is -3.32. The number of carbonyl (C=O) groups excluding carboxylic acids is 2. The number of rotatable bonds is 17. The first kappa shape index (κ1) is 31.2. The Morgan fingerprint density at radius 1 is 0.800 bits per heavy atom. The molecule has 7 nitrogen and oxygen atoms in total. The molecule has 1 saturated heterocycles. The number of hydrogen-bond donors (Lipinski definition) is 1. The van der Waals surface area contributed by atoms with E-state index >= 15 is 0 Å². The van der Waals surface area contributed by atoms with Gasteiger partial charge in [-0.3, -0.25) is 9.59 Å². The second-order valence-electron chi connectivity index (χ2n) is 10.2. The molecule has 1 aliphatic rings. The van der Waals surface area contributed by atoms with Gasteiger partial charge in [-0.05, 0) is 80.9 Å². The highest BCUT2D eigenvalue weighted by atomic mass is 16.5. The number of carbonyl (C=O) groups is 2. The van der Waals surface area contributed by atoms with Gasteiger partial charge in [-0.2, -0.15) is 0 Å². The minimum atomic E-state index is -0.675. The van der Waals surface area contributed by atoms with Gasteiger partial charge in [0.1, 0.15) is 17.3 Å². The Bertz CT molecular complexity index is 1110. The van der Waals surface area contributed by atoms with Crippen LogP contribution in [0, 0.1) is 0 Å². The number of nitrogens with zero attached hydrogens (tertiary/aromatic N) is 2. The quantitative estimate of drug-likeness (QED) is 0.104. The van der Waals surface area contributed by atoms with Gasteiger partial charge < -0.3 is 24.4 Å². The van der Waals surface area contributed by atoms with Crippen molar-refractivity contribution in [3.63, 3.8) is 0 Å². The smallest absolute Gasteiger partial charge is 0.295 e. The Labute approximate surface area is 239 Å². The van der Waals surface area contributed by atoms with Crippen LogP contribution in [0.5, 0.6) is 11.5 Å². The molecule has 40 heavy (non-hydrogen) atoms. The fourth-order valence-corrected chi connectivity index (χ4v) is 4.95. The maximum absolute atomic E-state index is 13.4. The molecule has 0 radical (unpaired) electrons. The van der Waals surface area contributed by atoms with E-state index in [1.54, 1.807) is 29.2 Å². The number of ketones is 1. The van der Waals surface area contributed by atoms with E-state index in [-0.39, 0.29) is 11.3 Å². The third kappa shape index (κ3) is 8.10. The summed E-state index contributed by atoms with van der Waals surface area (Å²) < 4.78 is 11.6. The van der Waals surface area contributed by atoms with E-state index < -0.39 is 17.7 Å². The van der Waals surface area contributed by atoms with Crippen molar-refractivity contribution in [1.29, 1.82) is 0 Å². The molecular formula is C33H46N2O5. The summed E-state index contributed by atoms with van der Waals surface area (Å²) in [6.07, 6.45) is 5.97. The predicted molar refractivity (Wildman–Crippen MR) is 160 cm³/mol. The van der Waals surface area contributed by atoms with Crippen molar-refractivity contribution in [3.8, 4) is 11.5 Å². The number of Topliss-reactive ketones (excluding diaryl/α,β-unsaturated/α-hetero) is 1. The zero-order valence-electron chi connectivity index (χ0n) is 24.7. The number of amides is 1. The average molecular weight is 551 g/mol. The lowest BCUT2D eigenvalue weighted by atomic mass is 9.95. The summed E-state index contributed by atoms with van der Waals surface area (Å²) in [4.78, 5) is 30.6. The van der Waals surface area contributed by atoms with Crippen molar-refractivity contribution < 1.29 is 24.2 Å². The molecule has 0 bridgehead atoms. The molecule has 0 saturated carbocycles. The standard InChI is InChI=1S/C33H46N2O5/c1-5-9-11-24-40-27-17-13-25(14-18-27)30-29(31(36)26-15-19-28(20-16-26)39-23-10-6-2)32(37)33(38)35(30)22-12-21-34(7-3)8-4/h13-20,30,36H,5-12,21-24H2,1-4H3/t30-/m0/s1. The van der Waals surface area contributed by atoms with E-state index in [1.807, 2.05) is 24.3 Å². The third-order valence-corrected chi connectivity index (χ3v) is 7.41. The second-order valence-corrected chi connectivity index (χ2v) is 10.2. The minimum absolute atomic E-state index is 0.115. The normalized spacial score (nSPS) is 16.6. The van der Waals surface area contributed by atoms with E-state index in [1.165, 1.54) is 0 Å². The number of hydrogen-bond acceptors (Lipinski definition) is 6. The summed E-state index contributed by atoms with van der Waals surface area (Å²) in [6.45, 7) is 12.9. The van der Waals surface area contributed by atoms with Gasteiger partial charge in [0, 0.05) is 12.1 Å². The van der Waals surface area contributed by atoms with Gasteiger partial charge in [-0.1, -0.05) is 59.1 Å². The number of aliphatic hydroxyl groups excluding tert-OH is 1. The predicted octanol–water partition coefficient (Wildman–Crippen LogP) is 6.59. The van der Waals surface area contributed by atoms with Crippen molar-refractivity contribution in [2.45, 2.75) is 72.3 Å². The molecule has 0 aliphatic carbocycles. The fourth-order valence-electron chi connectivity index (χ4n) is 4.95. The molecule has 1 amide bonds. The highest BCUT2D eigenvalue weighted by Gasteiger charge is 2.45. The number of likely N-dealkylation sites (tertiary alicyclic amines) is 1. The molecule has 1 atom stereocenters. The average Bonchev–Trinajstić information content (AvgIpc) is 3.23. The van der Waals surface area contributed by atoms with Crippen LogP contribution in [0.1, 0.15) is 83.4 Å². The van der Waals surface area contributed by atoms with Gasteiger partial charge in [0.15, 0.2) is 0 Å². The Balaban J connectivity index is 1.91. The SMILES string of the molecule is CCCCCOc1ccc([C@H]2C(=C(O)c3ccc(OCCCC)cc3)C(=O)C(=O)N2CCCN(CC)CC)cc1. The Kier molecular flexibility index (Phi) is 12.5. The monoisotopic (exact) mass is 550 g/mol. The second kappa shape index (κ2) is 16.1. The van der Waals surface area contributed by atoms with E-state index in [4.69, 9.17) is 9.47 Å². The van der Waals surface area contributed by atoms with E-state index in [9.17, 15) is 14.7 Å². The van der Waals surface area contributed by atoms with Crippen LogP contribution in [0.3, 0.4) is 0 Å². The highest BCUT2D eigenvalue weighted by Crippen LogP contribution is 2.40. The van der Waals surface area contributed by atoms with E-state index in [2.05, 4.69) is 32.6 Å². The lowest BCUT2D eigenvalue weighted by Gasteiger charge is -2.27. The van der Waals surface area contributed by atoms with Crippen LogP contribution in [0.2, 0.25) is 0 Å². The lowest BCUT2D eigenvalue weighted by Crippen LogP contribution is -2.33. The van der Waals surface area contributed by atoms with Crippen LogP contribution < -0.4 is 9.47 Å². The maximum Gasteiger partial charge on any atom is 0.295 e.